The molecule has 6 heteroatoms. The highest BCUT2D eigenvalue weighted by atomic mass is 35.5. The zero-order chi connectivity index (χ0) is 14.0. The van der Waals surface area contributed by atoms with Crippen LogP contribution < -0.4 is 10.5 Å². The molecule has 0 radical (unpaired) electrons. The second kappa shape index (κ2) is 5.42. The predicted octanol–water partition coefficient (Wildman–Crippen LogP) is 1.96. The maximum atomic E-state index is 12.4. The molecule has 0 aliphatic carbocycles. The van der Waals surface area contributed by atoms with Crippen LogP contribution in [0.3, 0.4) is 0 Å². The first-order valence-electron chi connectivity index (χ1n) is 5.65. The summed E-state index contributed by atoms with van der Waals surface area (Å²) < 4.78 is 6.75. The zero-order valence-electron chi connectivity index (χ0n) is 10.6. The second-order valence-electron chi connectivity index (χ2n) is 4.13. The molecular formula is C13H14ClN3O2. The van der Waals surface area contributed by atoms with Gasteiger partial charge >= 0.3 is 0 Å². The van der Waals surface area contributed by atoms with Crippen LogP contribution in [-0.4, -0.2) is 22.7 Å². The fraction of sp³-hybridized carbons (Fsp3) is 0.231. The average Bonchev–Trinajstić information content (AvgIpc) is 2.83. The molecule has 100 valence electrons. The van der Waals surface area contributed by atoms with E-state index < -0.39 is 6.04 Å². The predicted molar refractivity (Wildman–Crippen MR) is 72.5 cm³/mol. The Morgan fingerprint density at radius 3 is 2.84 bits per heavy atom. The van der Waals surface area contributed by atoms with Crippen molar-refractivity contribution in [3.05, 3.63) is 46.7 Å². The van der Waals surface area contributed by atoms with Crippen molar-refractivity contribution in [3.63, 3.8) is 0 Å². The lowest BCUT2D eigenvalue weighted by atomic mass is 10.00. The molecule has 1 atom stereocenters. The third-order valence-electron chi connectivity index (χ3n) is 2.79. The van der Waals surface area contributed by atoms with E-state index in [1.165, 1.54) is 7.11 Å². The molecule has 2 N–H and O–H groups in total. The number of Topliss-reactive ketones (excluding diaryl/α,β-unsaturated/α-hetero) is 1. The lowest BCUT2D eigenvalue weighted by Gasteiger charge is -2.12. The number of carbonyl (C=O) groups excluding carboxylic acids is 1. The number of ether oxygens (including phenoxy) is 1. The number of ketones is 1. The standard InChI is InChI=1S/C13H14ClN3O2/c1-17-7-8(6-16-17)12(15)13(18)10-5-9(14)3-4-11(10)19-2/h3-7,12H,15H2,1-2H3. The van der Waals surface area contributed by atoms with Gasteiger partial charge in [0.25, 0.3) is 0 Å². The molecule has 0 bridgehead atoms. The van der Waals surface area contributed by atoms with Crippen LogP contribution in [0.4, 0.5) is 0 Å². The molecule has 5 nitrogen and oxygen atoms in total. The van der Waals surface area contributed by atoms with Crippen LogP contribution in [0.15, 0.2) is 30.6 Å². The molecule has 1 unspecified atom stereocenters. The Morgan fingerprint density at radius 1 is 1.53 bits per heavy atom. The van der Waals surface area contributed by atoms with Crippen LogP contribution in [0, 0.1) is 0 Å². The Labute approximate surface area is 115 Å². The SMILES string of the molecule is COc1ccc(Cl)cc1C(=O)C(N)c1cnn(C)c1. The maximum Gasteiger partial charge on any atom is 0.187 e. The van der Waals surface area contributed by atoms with Crippen molar-refractivity contribution in [2.75, 3.05) is 7.11 Å². The van der Waals surface area contributed by atoms with Gasteiger partial charge in [0.05, 0.1) is 24.9 Å². The Balaban J connectivity index is 2.36. The summed E-state index contributed by atoms with van der Waals surface area (Å²) >= 11 is 5.91. The summed E-state index contributed by atoms with van der Waals surface area (Å²) in [6.45, 7) is 0. The number of aromatic nitrogens is 2. The summed E-state index contributed by atoms with van der Waals surface area (Å²) in [5.41, 5.74) is 6.97. The first-order valence-corrected chi connectivity index (χ1v) is 6.02. The molecule has 2 rings (SSSR count). The van der Waals surface area contributed by atoms with E-state index >= 15 is 0 Å². The Morgan fingerprint density at radius 2 is 2.26 bits per heavy atom. The van der Waals surface area contributed by atoms with Gasteiger partial charge in [-0.05, 0) is 18.2 Å². The molecule has 0 aliphatic heterocycles. The minimum absolute atomic E-state index is 0.257. The molecule has 1 heterocycles. The van der Waals surface area contributed by atoms with Gasteiger partial charge in [-0.1, -0.05) is 11.6 Å². The van der Waals surface area contributed by atoms with E-state index in [9.17, 15) is 4.79 Å². The maximum absolute atomic E-state index is 12.4. The minimum Gasteiger partial charge on any atom is -0.496 e. The third-order valence-corrected chi connectivity index (χ3v) is 3.03. The van der Waals surface area contributed by atoms with Crippen molar-refractivity contribution < 1.29 is 9.53 Å². The highest BCUT2D eigenvalue weighted by molar-refractivity contribution is 6.31. The summed E-state index contributed by atoms with van der Waals surface area (Å²) in [6.07, 6.45) is 3.28. The van der Waals surface area contributed by atoms with Crippen molar-refractivity contribution in [2.24, 2.45) is 12.8 Å². The first-order chi connectivity index (χ1) is 9.02. The number of nitrogens with two attached hydrogens (primary N) is 1. The van der Waals surface area contributed by atoms with Gasteiger partial charge in [-0.15, -0.1) is 0 Å². The molecule has 0 saturated carbocycles. The fourth-order valence-corrected chi connectivity index (χ4v) is 1.96. The summed E-state index contributed by atoms with van der Waals surface area (Å²) in [4.78, 5) is 12.4. The van der Waals surface area contributed by atoms with Crippen molar-refractivity contribution in [2.45, 2.75) is 6.04 Å². The highest BCUT2D eigenvalue weighted by Gasteiger charge is 2.22. The molecule has 1 aromatic carbocycles. The van der Waals surface area contributed by atoms with Gasteiger partial charge in [-0.25, -0.2) is 0 Å². The van der Waals surface area contributed by atoms with Crippen molar-refractivity contribution in [1.82, 2.24) is 9.78 Å². The van der Waals surface area contributed by atoms with Gasteiger partial charge in [0.2, 0.25) is 0 Å². The van der Waals surface area contributed by atoms with Crippen LogP contribution in [0.1, 0.15) is 22.0 Å². The Kier molecular flexibility index (Phi) is 3.87. The van der Waals surface area contributed by atoms with E-state index in [0.29, 0.717) is 21.9 Å². The number of benzene rings is 1. The number of nitrogens with zero attached hydrogens (tertiary/aromatic N) is 2. The molecule has 1 aromatic heterocycles. The Hall–Kier alpha value is -1.85. The monoisotopic (exact) mass is 279 g/mol. The molecule has 2 aromatic rings. The number of aryl methyl sites for hydroxylation is 1. The second-order valence-corrected chi connectivity index (χ2v) is 4.57. The number of methoxy groups -OCH3 is 1. The van der Waals surface area contributed by atoms with Gasteiger partial charge in [0.15, 0.2) is 5.78 Å². The lowest BCUT2D eigenvalue weighted by molar-refractivity contribution is 0.0958. The Bertz CT molecular complexity index is 610. The van der Waals surface area contributed by atoms with Gasteiger partial charge in [0.1, 0.15) is 5.75 Å². The quantitative estimate of drug-likeness (QED) is 0.869. The summed E-state index contributed by atoms with van der Waals surface area (Å²) in [5.74, 6) is 0.195. The van der Waals surface area contributed by atoms with Crippen LogP contribution in [0.25, 0.3) is 0 Å². The molecule has 0 saturated heterocycles. The minimum atomic E-state index is -0.791. The first kappa shape index (κ1) is 13.6. The van der Waals surface area contributed by atoms with Gasteiger partial charge < -0.3 is 10.5 Å². The van der Waals surface area contributed by atoms with Crippen LogP contribution in [0.2, 0.25) is 5.02 Å². The molecule has 19 heavy (non-hydrogen) atoms. The van der Waals surface area contributed by atoms with Gasteiger partial charge in [0, 0.05) is 23.8 Å². The van der Waals surface area contributed by atoms with E-state index in [1.54, 1.807) is 42.3 Å². The smallest absolute Gasteiger partial charge is 0.187 e. The van der Waals surface area contributed by atoms with Gasteiger partial charge in [-0.2, -0.15) is 5.10 Å². The lowest BCUT2D eigenvalue weighted by Crippen LogP contribution is -2.21. The van der Waals surface area contributed by atoms with Crippen molar-refractivity contribution in [1.29, 1.82) is 0 Å². The number of hydrogen-bond donors (Lipinski definition) is 1. The largest absolute Gasteiger partial charge is 0.496 e. The number of hydrogen-bond acceptors (Lipinski definition) is 4. The number of halogens is 1. The molecule has 0 aliphatic rings. The molecule has 0 spiro atoms. The summed E-state index contributed by atoms with van der Waals surface area (Å²) in [7, 11) is 3.26. The third kappa shape index (κ3) is 2.77. The normalized spacial score (nSPS) is 12.2. The number of carbonyl (C=O) groups is 1. The summed E-state index contributed by atoms with van der Waals surface area (Å²) in [6, 6.07) is 4.07. The zero-order valence-corrected chi connectivity index (χ0v) is 11.4. The van der Waals surface area contributed by atoms with E-state index in [2.05, 4.69) is 5.10 Å². The van der Waals surface area contributed by atoms with E-state index in [1.807, 2.05) is 0 Å². The van der Waals surface area contributed by atoms with E-state index in [0.717, 1.165) is 0 Å². The van der Waals surface area contributed by atoms with Crippen LogP contribution in [0.5, 0.6) is 5.75 Å². The number of rotatable bonds is 4. The van der Waals surface area contributed by atoms with E-state index in [4.69, 9.17) is 22.1 Å². The summed E-state index contributed by atoms with van der Waals surface area (Å²) in [5, 5.41) is 4.46. The van der Waals surface area contributed by atoms with Crippen molar-refractivity contribution >= 4 is 17.4 Å². The topological polar surface area (TPSA) is 70.1 Å². The highest BCUT2D eigenvalue weighted by Crippen LogP contribution is 2.26. The van der Waals surface area contributed by atoms with Crippen molar-refractivity contribution in [3.8, 4) is 5.75 Å². The average molecular weight is 280 g/mol. The molecule has 0 fully saturated rings. The molecular weight excluding hydrogens is 266 g/mol. The fourth-order valence-electron chi connectivity index (χ4n) is 1.79. The van der Waals surface area contributed by atoms with Crippen LogP contribution in [-0.2, 0) is 7.05 Å². The molecule has 0 amide bonds. The van der Waals surface area contributed by atoms with Crippen LogP contribution >= 0.6 is 11.6 Å². The van der Waals surface area contributed by atoms with E-state index in [-0.39, 0.29) is 5.78 Å². The van der Waals surface area contributed by atoms with Gasteiger partial charge in [-0.3, -0.25) is 9.48 Å².